The zero-order valence-corrected chi connectivity index (χ0v) is 17.4. The maximum Gasteiger partial charge on any atom is 0.251 e. The summed E-state index contributed by atoms with van der Waals surface area (Å²) in [7, 11) is 0. The maximum atomic E-state index is 12.1. The number of aliphatic imine (C=N–C) groups is 1. The van der Waals surface area contributed by atoms with E-state index in [-0.39, 0.29) is 5.91 Å². The van der Waals surface area contributed by atoms with E-state index in [0.717, 1.165) is 43.2 Å². The highest BCUT2D eigenvalue weighted by molar-refractivity contribution is 5.94. The molecule has 0 spiro atoms. The number of furan rings is 1. The molecule has 0 aliphatic heterocycles. The van der Waals surface area contributed by atoms with Crippen LogP contribution in [-0.4, -0.2) is 38.1 Å². The van der Waals surface area contributed by atoms with Crippen LogP contribution in [0, 0.1) is 0 Å². The number of hydrogen-bond donors (Lipinski definition) is 3. The van der Waals surface area contributed by atoms with Crippen molar-refractivity contribution in [2.24, 2.45) is 4.99 Å². The summed E-state index contributed by atoms with van der Waals surface area (Å²) in [5.74, 6) is 1.54. The van der Waals surface area contributed by atoms with Crippen molar-refractivity contribution in [3.63, 3.8) is 0 Å². The normalized spacial score (nSPS) is 11.3. The quantitative estimate of drug-likeness (QED) is 0.289. The summed E-state index contributed by atoms with van der Waals surface area (Å²) in [6.07, 6.45) is 3.42. The second-order valence-corrected chi connectivity index (χ2v) is 6.56. The second-order valence-electron chi connectivity index (χ2n) is 6.56. The molecular weight excluding hydrogens is 368 g/mol. The van der Waals surface area contributed by atoms with Gasteiger partial charge < -0.3 is 25.1 Å². The summed E-state index contributed by atoms with van der Waals surface area (Å²) in [6, 6.07) is 11.3. The van der Waals surface area contributed by atoms with Crippen LogP contribution in [0.1, 0.15) is 48.4 Å². The number of benzene rings is 1. The Morgan fingerprint density at radius 2 is 2.00 bits per heavy atom. The van der Waals surface area contributed by atoms with Gasteiger partial charge in [0.15, 0.2) is 5.96 Å². The molecule has 0 aliphatic carbocycles. The summed E-state index contributed by atoms with van der Waals surface area (Å²) in [5, 5.41) is 9.44. The van der Waals surface area contributed by atoms with Gasteiger partial charge in [-0.1, -0.05) is 19.1 Å². The molecule has 7 heteroatoms. The SMILES string of the molecule is CCCNC(=O)c1cccc(CN=C(NCC)NCCCOCc2ccco2)c1. The molecule has 0 radical (unpaired) electrons. The highest BCUT2D eigenvalue weighted by atomic mass is 16.5. The van der Waals surface area contributed by atoms with Crippen LogP contribution in [0.4, 0.5) is 0 Å². The van der Waals surface area contributed by atoms with E-state index < -0.39 is 0 Å². The van der Waals surface area contributed by atoms with E-state index >= 15 is 0 Å². The number of guanidine groups is 1. The number of carbonyl (C=O) groups excluding carboxylic acids is 1. The molecule has 29 heavy (non-hydrogen) atoms. The second kappa shape index (κ2) is 13.4. The summed E-state index contributed by atoms with van der Waals surface area (Å²) in [4.78, 5) is 16.7. The molecule has 1 aromatic heterocycles. The van der Waals surface area contributed by atoms with Crippen molar-refractivity contribution in [1.82, 2.24) is 16.0 Å². The Bertz CT molecular complexity index is 744. The predicted octanol–water partition coefficient (Wildman–Crippen LogP) is 3.08. The van der Waals surface area contributed by atoms with Gasteiger partial charge in [-0.15, -0.1) is 0 Å². The van der Waals surface area contributed by atoms with Crippen molar-refractivity contribution in [2.45, 2.75) is 39.8 Å². The first-order chi connectivity index (χ1) is 14.2. The fourth-order valence-electron chi connectivity index (χ4n) is 2.61. The van der Waals surface area contributed by atoms with Crippen LogP contribution in [0.2, 0.25) is 0 Å². The van der Waals surface area contributed by atoms with Crippen LogP contribution in [-0.2, 0) is 17.9 Å². The van der Waals surface area contributed by atoms with Crippen molar-refractivity contribution in [1.29, 1.82) is 0 Å². The van der Waals surface area contributed by atoms with Gasteiger partial charge in [-0.25, -0.2) is 4.99 Å². The first kappa shape index (κ1) is 22.5. The van der Waals surface area contributed by atoms with Crippen molar-refractivity contribution in [3.8, 4) is 0 Å². The molecule has 1 amide bonds. The third-order valence-corrected chi connectivity index (χ3v) is 4.07. The lowest BCUT2D eigenvalue weighted by molar-refractivity contribution is 0.0953. The summed E-state index contributed by atoms with van der Waals surface area (Å²) in [6.45, 7) is 7.91. The smallest absolute Gasteiger partial charge is 0.251 e. The van der Waals surface area contributed by atoms with Gasteiger partial charge in [0.2, 0.25) is 0 Å². The molecule has 0 atom stereocenters. The van der Waals surface area contributed by atoms with Crippen LogP contribution in [0.25, 0.3) is 0 Å². The highest BCUT2D eigenvalue weighted by Gasteiger charge is 2.05. The van der Waals surface area contributed by atoms with E-state index in [1.165, 1.54) is 0 Å². The van der Waals surface area contributed by atoms with Gasteiger partial charge in [0.05, 0.1) is 12.8 Å². The molecule has 2 aromatic rings. The number of hydrogen-bond acceptors (Lipinski definition) is 4. The van der Waals surface area contributed by atoms with Crippen LogP contribution in [0.5, 0.6) is 0 Å². The largest absolute Gasteiger partial charge is 0.467 e. The molecule has 0 unspecified atom stereocenters. The van der Waals surface area contributed by atoms with Crippen molar-refractivity contribution in [3.05, 3.63) is 59.5 Å². The van der Waals surface area contributed by atoms with Crippen molar-refractivity contribution >= 4 is 11.9 Å². The molecular formula is C22H32N4O3. The zero-order chi connectivity index (χ0) is 20.7. The van der Waals surface area contributed by atoms with E-state index in [1.807, 2.05) is 50.2 Å². The van der Waals surface area contributed by atoms with Gasteiger partial charge >= 0.3 is 0 Å². The molecule has 0 fully saturated rings. The molecule has 2 rings (SSSR count). The number of nitrogens with one attached hydrogen (secondary N) is 3. The van der Waals surface area contributed by atoms with Crippen LogP contribution in [0.3, 0.4) is 0 Å². The van der Waals surface area contributed by atoms with Crippen molar-refractivity contribution < 1.29 is 13.9 Å². The van der Waals surface area contributed by atoms with Crippen LogP contribution >= 0.6 is 0 Å². The lowest BCUT2D eigenvalue weighted by Crippen LogP contribution is -2.38. The lowest BCUT2D eigenvalue weighted by Gasteiger charge is -2.11. The van der Waals surface area contributed by atoms with Crippen molar-refractivity contribution in [2.75, 3.05) is 26.2 Å². The van der Waals surface area contributed by atoms with Gasteiger partial charge in [-0.05, 0) is 49.6 Å². The minimum absolute atomic E-state index is 0.0442. The molecule has 0 saturated heterocycles. The van der Waals surface area contributed by atoms with Gasteiger partial charge in [-0.2, -0.15) is 0 Å². The number of rotatable bonds is 12. The molecule has 0 saturated carbocycles. The Balaban J connectivity index is 1.76. The fraction of sp³-hybridized carbons (Fsp3) is 0.455. The molecule has 3 N–H and O–H groups in total. The Labute approximate surface area is 172 Å². The molecule has 0 bridgehead atoms. The van der Waals surface area contributed by atoms with Crippen LogP contribution in [0.15, 0.2) is 52.1 Å². The topological polar surface area (TPSA) is 87.9 Å². The van der Waals surface area contributed by atoms with E-state index in [9.17, 15) is 4.79 Å². The standard InChI is InChI=1S/C22H32N4O3/c1-3-11-24-21(27)19-9-5-8-18(15-19)16-26-22(23-4-2)25-12-7-13-28-17-20-10-6-14-29-20/h5-6,8-10,14-15H,3-4,7,11-13,16-17H2,1-2H3,(H,24,27)(H2,23,25,26). The Morgan fingerprint density at radius 3 is 2.76 bits per heavy atom. The first-order valence-electron chi connectivity index (χ1n) is 10.2. The fourth-order valence-corrected chi connectivity index (χ4v) is 2.61. The Hall–Kier alpha value is -2.80. The zero-order valence-electron chi connectivity index (χ0n) is 17.4. The van der Waals surface area contributed by atoms with E-state index in [1.54, 1.807) is 6.26 Å². The molecule has 1 aromatic carbocycles. The summed E-state index contributed by atoms with van der Waals surface area (Å²) in [5.41, 5.74) is 1.66. The minimum atomic E-state index is -0.0442. The average Bonchev–Trinajstić information content (AvgIpc) is 3.26. The number of carbonyl (C=O) groups is 1. The maximum absolute atomic E-state index is 12.1. The van der Waals surface area contributed by atoms with E-state index in [0.29, 0.717) is 31.9 Å². The van der Waals surface area contributed by atoms with Gasteiger partial charge in [-0.3, -0.25) is 4.79 Å². The third kappa shape index (κ3) is 8.83. The molecule has 1 heterocycles. The number of ether oxygens (including phenoxy) is 1. The highest BCUT2D eigenvalue weighted by Crippen LogP contribution is 2.07. The Morgan fingerprint density at radius 1 is 1.10 bits per heavy atom. The van der Waals surface area contributed by atoms with E-state index in [4.69, 9.17) is 9.15 Å². The van der Waals surface area contributed by atoms with Gasteiger partial charge in [0, 0.05) is 31.8 Å². The molecule has 0 aliphatic rings. The lowest BCUT2D eigenvalue weighted by atomic mass is 10.1. The summed E-state index contributed by atoms with van der Waals surface area (Å²) < 4.78 is 10.8. The number of nitrogens with zero attached hydrogens (tertiary/aromatic N) is 1. The molecule has 158 valence electrons. The third-order valence-electron chi connectivity index (χ3n) is 4.07. The Kier molecular flexibility index (Phi) is 10.4. The van der Waals surface area contributed by atoms with E-state index in [2.05, 4.69) is 20.9 Å². The summed E-state index contributed by atoms with van der Waals surface area (Å²) >= 11 is 0. The van der Waals surface area contributed by atoms with Gasteiger partial charge in [0.25, 0.3) is 5.91 Å². The first-order valence-corrected chi connectivity index (χ1v) is 10.2. The molecule has 7 nitrogen and oxygen atoms in total. The monoisotopic (exact) mass is 400 g/mol. The average molecular weight is 401 g/mol. The minimum Gasteiger partial charge on any atom is -0.467 e. The number of amides is 1. The van der Waals surface area contributed by atoms with Gasteiger partial charge in [0.1, 0.15) is 12.4 Å². The predicted molar refractivity (Wildman–Crippen MR) is 115 cm³/mol. The van der Waals surface area contributed by atoms with Crippen LogP contribution < -0.4 is 16.0 Å².